The zero-order chi connectivity index (χ0) is 17.3. The number of hydrogen-bond donors (Lipinski definition) is 4. The first kappa shape index (κ1) is 17.0. The lowest BCUT2D eigenvalue weighted by Crippen LogP contribution is -2.39. The predicted molar refractivity (Wildman–Crippen MR) is 90.3 cm³/mol. The Hall–Kier alpha value is -1.87. The van der Waals surface area contributed by atoms with Gasteiger partial charge in [0.05, 0.1) is 6.10 Å². The fourth-order valence-corrected chi connectivity index (χ4v) is 3.17. The van der Waals surface area contributed by atoms with Crippen molar-refractivity contribution < 1.29 is 14.9 Å². The molecule has 1 aromatic carbocycles. The maximum atomic E-state index is 12.3. The highest BCUT2D eigenvalue weighted by Crippen LogP contribution is 2.30. The fourth-order valence-electron chi connectivity index (χ4n) is 2.87. The van der Waals surface area contributed by atoms with Gasteiger partial charge >= 0.3 is 5.69 Å². The van der Waals surface area contributed by atoms with Crippen molar-refractivity contribution >= 4 is 12.6 Å². The van der Waals surface area contributed by atoms with E-state index in [9.17, 15) is 19.8 Å². The molecule has 3 rings (SSSR count). The van der Waals surface area contributed by atoms with Crippen LogP contribution in [0.5, 0.6) is 0 Å². The molecule has 7 nitrogen and oxygen atoms in total. The average Bonchev–Trinajstić information content (AvgIpc) is 2.83. The van der Waals surface area contributed by atoms with E-state index in [1.807, 2.05) is 30.3 Å². The van der Waals surface area contributed by atoms with Crippen LogP contribution in [-0.2, 0) is 11.2 Å². The number of ether oxygens (including phenoxy) is 1. The largest absolute Gasteiger partial charge is 0.387 e. The van der Waals surface area contributed by atoms with Crippen molar-refractivity contribution in [1.82, 2.24) is 9.55 Å². The maximum Gasteiger partial charge on any atom is 0.330 e. The highest BCUT2D eigenvalue weighted by atomic mass is 32.1. The summed E-state index contributed by atoms with van der Waals surface area (Å²) in [6.45, 7) is 0. The molecule has 0 saturated carbocycles. The molecule has 3 N–H and O–H groups in total. The van der Waals surface area contributed by atoms with Crippen molar-refractivity contribution in [3.8, 4) is 0 Å². The Balaban J connectivity index is 2.04. The van der Waals surface area contributed by atoms with E-state index in [0.717, 1.165) is 5.56 Å². The lowest BCUT2D eigenvalue weighted by molar-refractivity contribution is -0.0354. The lowest BCUT2D eigenvalue weighted by atomic mass is 10.1. The Morgan fingerprint density at radius 3 is 2.50 bits per heavy atom. The zero-order valence-corrected chi connectivity index (χ0v) is 13.6. The quantitative estimate of drug-likeness (QED) is 0.566. The summed E-state index contributed by atoms with van der Waals surface area (Å²) in [7, 11) is 0. The number of aliphatic hydroxyl groups excluding tert-OH is 2. The molecule has 128 valence electrons. The van der Waals surface area contributed by atoms with Crippen LogP contribution in [0.15, 0.2) is 46.0 Å². The van der Waals surface area contributed by atoms with E-state index >= 15 is 0 Å². The number of aromatic nitrogens is 2. The van der Waals surface area contributed by atoms with Crippen LogP contribution in [-0.4, -0.2) is 43.8 Å². The summed E-state index contributed by atoms with van der Waals surface area (Å²) in [4.78, 5) is 26.2. The molecule has 0 radical (unpaired) electrons. The number of H-pyrrole nitrogens is 1. The van der Waals surface area contributed by atoms with Gasteiger partial charge < -0.3 is 14.9 Å². The minimum absolute atomic E-state index is 0.195. The summed E-state index contributed by atoms with van der Waals surface area (Å²) in [5, 5.41) is 20.2. The second-order valence-electron chi connectivity index (χ2n) is 5.69. The Bertz CT molecular complexity index is 819. The molecule has 0 bridgehead atoms. The van der Waals surface area contributed by atoms with Crippen molar-refractivity contribution in [3.63, 3.8) is 0 Å². The van der Waals surface area contributed by atoms with Gasteiger partial charge in [-0.2, -0.15) is 12.6 Å². The number of hydrogen-bond acceptors (Lipinski definition) is 6. The van der Waals surface area contributed by atoms with Gasteiger partial charge in [-0.05, 0) is 5.56 Å². The molecule has 0 unspecified atom stereocenters. The van der Waals surface area contributed by atoms with Crippen LogP contribution in [0.1, 0.15) is 17.5 Å². The summed E-state index contributed by atoms with van der Waals surface area (Å²) >= 11 is 4.08. The minimum Gasteiger partial charge on any atom is -0.387 e. The van der Waals surface area contributed by atoms with Gasteiger partial charge in [0.1, 0.15) is 12.2 Å². The van der Waals surface area contributed by atoms with Gasteiger partial charge in [0.25, 0.3) is 5.56 Å². The molecule has 1 aromatic heterocycles. The molecule has 8 heteroatoms. The number of thiol groups is 1. The van der Waals surface area contributed by atoms with Crippen LogP contribution >= 0.6 is 12.6 Å². The highest BCUT2D eigenvalue weighted by Gasteiger charge is 2.44. The second-order valence-corrected chi connectivity index (χ2v) is 6.06. The third-order valence-electron chi connectivity index (χ3n) is 4.06. The van der Waals surface area contributed by atoms with Crippen LogP contribution in [0.25, 0.3) is 0 Å². The molecule has 0 amide bonds. The first-order valence-corrected chi connectivity index (χ1v) is 8.15. The summed E-state index contributed by atoms with van der Waals surface area (Å²) < 4.78 is 6.77. The predicted octanol–water partition coefficient (Wildman–Crippen LogP) is -0.324. The molecule has 0 aliphatic carbocycles. The van der Waals surface area contributed by atoms with Crippen LogP contribution in [0.3, 0.4) is 0 Å². The van der Waals surface area contributed by atoms with E-state index in [1.165, 1.54) is 10.6 Å². The number of rotatable bonds is 4. The molecule has 4 atom stereocenters. The van der Waals surface area contributed by atoms with E-state index in [-0.39, 0.29) is 5.75 Å². The number of aromatic amines is 1. The molecule has 24 heavy (non-hydrogen) atoms. The van der Waals surface area contributed by atoms with Gasteiger partial charge in [0.15, 0.2) is 6.23 Å². The third-order valence-corrected chi connectivity index (χ3v) is 4.42. The van der Waals surface area contributed by atoms with Gasteiger partial charge in [0.2, 0.25) is 0 Å². The third kappa shape index (κ3) is 3.18. The summed E-state index contributed by atoms with van der Waals surface area (Å²) in [5.41, 5.74) is 0.0755. The monoisotopic (exact) mass is 350 g/mol. The fraction of sp³-hybridized carbons (Fsp3) is 0.375. The van der Waals surface area contributed by atoms with E-state index < -0.39 is 35.8 Å². The normalized spacial score (nSPS) is 26.6. The van der Waals surface area contributed by atoms with Crippen molar-refractivity contribution in [1.29, 1.82) is 0 Å². The first-order valence-electron chi connectivity index (χ1n) is 7.52. The van der Waals surface area contributed by atoms with Gasteiger partial charge in [-0.25, -0.2) is 4.79 Å². The smallest absolute Gasteiger partial charge is 0.330 e. The van der Waals surface area contributed by atoms with Crippen molar-refractivity contribution in [2.45, 2.75) is 31.0 Å². The molecule has 2 heterocycles. The molecular formula is C16H18N2O5S. The van der Waals surface area contributed by atoms with Crippen LogP contribution in [0.2, 0.25) is 0 Å². The van der Waals surface area contributed by atoms with Crippen molar-refractivity contribution in [3.05, 3.63) is 68.5 Å². The Morgan fingerprint density at radius 2 is 1.88 bits per heavy atom. The molecule has 1 saturated heterocycles. The molecule has 0 spiro atoms. The standard InChI is InChI=1S/C16H18N2O5S/c19-12-7-10(6-9-4-2-1-3-5-9)18(16(22)17-12)15-14(21)13(20)11(8-24)23-15/h1-5,7,11,13-15,20-21,24H,6,8H2,(H,17,19,22)/t11-,13-,14-,15-/m1/s1. The lowest BCUT2D eigenvalue weighted by Gasteiger charge is -2.21. The van der Waals surface area contributed by atoms with Crippen LogP contribution in [0.4, 0.5) is 0 Å². The summed E-state index contributed by atoms with van der Waals surface area (Å²) in [6, 6.07) is 10.6. The molecule has 1 fully saturated rings. The van der Waals surface area contributed by atoms with Gasteiger partial charge in [0, 0.05) is 23.9 Å². The SMILES string of the molecule is O=c1cc(Cc2ccccc2)n([C@@H]2O[C@H](CS)[C@@H](O)[C@H]2O)c(=O)[nH]1. The van der Waals surface area contributed by atoms with E-state index in [4.69, 9.17) is 4.74 Å². The number of nitrogens with one attached hydrogen (secondary N) is 1. The summed E-state index contributed by atoms with van der Waals surface area (Å²) in [6.07, 6.45) is -3.91. The zero-order valence-electron chi connectivity index (χ0n) is 12.7. The number of nitrogens with zero attached hydrogens (tertiary/aromatic N) is 1. The molecule has 2 aromatic rings. The topological polar surface area (TPSA) is 105 Å². The van der Waals surface area contributed by atoms with Gasteiger partial charge in [-0.3, -0.25) is 14.3 Å². The highest BCUT2D eigenvalue weighted by molar-refractivity contribution is 7.80. The average molecular weight is 350 g/mol. The number of benzene rings is 1. The van der Waals surface area contributed by atoms with Crippen molar-refractivity contribution in [2.24, 2.45) is 0 Å². The molecule has 1 aliphatic rings. The maximum absolute atomic E-state index is 12.3. The number of aliphatic hydroxyl groups is 2. The molecule has 1 aliphatic heterocycles. The second kappa shape index (κ2) is 6.94. The van der Waals surface area contributed by atoms with Crippen LogP contribution < -0.4 is 11.2 Å². The van der Waals surface area contributed by atoms with E-state index in [1.54, 1.807) is 0 Å². The van der Waals surface area contributed by atoms with Crippen molar-refractivity contribution in [2.75, 3.05) is 5.75 Å². The minimum atomic E-state index is -1.29. The van der Waals surface area contributed by atoms with Crippen LogP contribution in [0, 0.1) is 0 Å². The Labute approximate surface area is 143 Å². The molecular weight excluding hydrogens is 332 g/mol. The van der Waals surface area contributed by atoms with Gasteiger partial charge in [-0.1, -0.05) is 30.3 Å². The Kier molecular flexibility index (Phi) is 4.91. The first-order chi connectivity index (χ1) is 11.5. The van der Waals surface area contributed by atoms with Gasteiger partial charge in [-0.15, -0.1) is 0 Å². The Morgan fingerprint density at radius 1 is 1.17 bits per heavy atom. The van der Waals surface area contributed by atoms with E-state index in [2.05, 4.69) is 17.6 Å². The summed E-state index contributed by atoms with van der Waals surface area (Å²) in [5.74, 6) is 0.195. The van der Waals surface area contributed by atoms with E-state index in [0.29, 0.717) is 12.1 Å².